The first-order valence-electron chi connectivity index (χ1n) is 13.0. The van der Waals surface area contributed by atoms with Crippen LogP contribution in [0.1, 0.15) is 92.3 Å². The molecule has 0 spiro atoms. The molecular weight excluding hydrogens is 499 g/mol. The fraction of sp³-hybridized carbons (Fsp3) is 0.548. The van der Waals surface area contributed by atoms with E-state index in [1.807, 2.05) is 32.9 Å². The Morgan fingerprint density at radius 1 is 0.789 bits per heavy atom. The molecule has 0 fully saturated rings. The molecule has 2 aromatic carbocycles. The number of rotatable bonds is 10. The summed E-state index contributed by atoms with van der Waals surface area (Å²) in [5.41, 5.74) is 1.30. The second-order valence-corrected chi connectivity index (χ2v) is 15.2. The molecule has 0 amide bonds. The van der Waals surface area contributed by atoms with Crippen LogP contribution in [0.2, 0.25) is 0 Å². The lowest BCUT2D eigenvalue weighted by Crippen LogP contribution is -2.22. The summed E-state index contributed by atoms with van der Waals surface area (Å²) in [6.07, 6.45) is 0.662. The van der Waals surface area contributed by atoms with E-state index in [1.54, 1.807) is 0 Å². The molecule has 0 aliphatic rings. The first kappa shape index (κ1) is 31.6. The number of hydrogen-bond donors (Lipinski definition) is 0. The van der Waals surface area contributed by atoms with Crippen molar-refractivity contribution in [2.24, 2.45) is 11.3 Å². The Morgan fingerprint density at radius 2 is 1.24 bits per heavy atom. The number of benzene rings is 2. The molecule has 6 nitrogen and oxygen atoms in total. The molecule has 0 saturated carbocycles. The molecule has 2 atom stereocenters. The molecule has 0 bridgehead atoms. The summed E-state index contributed by atoms with van der Waals surface area (Å²) >= 11 is 0. The lowest BCUT2D eigenvalue weighted by atomic mass is 9.84. The fourth-order valence-electron chi connectivity index (χ4n) is 5.12. The van der Waals surface area contributed by atoms with Crippen LogP contribution in [0, 0.1) is 25.2 Å². The second kappa shape index (κ2) is 11.7. The van der Waals surface area contributed by atoms with Crippen LogP contribution in [-0.2, 0) is 9.98 Å². The molecule has 2 unspecified atom stereocenters. The van der Waals surface area contributed by atoms with Gasteiger partial charge in [-0.15, -0.1) is 0 Å². The molecule has 0 aromatic heterocycles. The van der Waals surface area contributed by atoms with Gasteiger partial charge < -0.3 is 18.8 Å². The lowest BCUT2D eigenvalue weighted by molar-refractivity contribution is 0.103. The van der Waals surface area contributed by atoms with Crippen LogP contribution in [0.15, 0.2) is 24.3 Å². The second-order valence-electron chi connectivity index (χ2n) is 12.5. The van der Waals surface area contributed by atoms with Crippen LogP contribution >= 0.6 is 7.14 Å². The normalized spacial score (nSPS) is 14.4. The molecule has 0 saturated heterocycles. The Morgan fingerprint density at radius 3 is 1.61 bits per heavy atom. The quantitative estimate of drug-likeness (QED) is 0.282. The van der Waals surface area contributed by atoms with E-state index >= 15 is 0 Å². The minimum atomic E-state index is -4.18. The molecule has 38 heavy (non-hydrogen) atoms. The van der Waals surface area contributed by atoms with Crippen LogP contribution in [0.3, 0.4) is 0 Å². The summed E-state index contributed by atoms with van der Waals surface area (Å²) in [7, 11) is 0.144. The summed E-state index contributed by atoms with van der Waals surface area (Å²) in [5, 5.41) is 0. The Hall–Kier alpha value is -2.59. The van der Waals surface area contributed by atoms with Gasteiger partial charge in [-0.1, -0.05) is 60.6 Å². The molecule has 2 aromatic rings. The zero-order valence-corrected chi connectivity index (χ0v) is 26.1. The molecule has 0 aliphatic heterocycles. The molecule has 0 heterocycles. The van der Waals surface area contributed by atoms with Crippen molar-refractivity contribution in [2.45, 2.75) is 74.1 Å². The van der Waals surface area contributed by atoms with Gasteiger partial charge in [-0.3, -0.25) is 9.59 Å². The number of aryl methyl sites for hydroxylation is 2. The van der Waals surface area contributed by atoms with E-state index in [-0.39, 0.29) is 40.0 Å². The van der Waals surface area contributed by atoms with E-state index < -0.39 is 18.2 Å². The van der Waals surface area contributed by atoms with Crippen LogP contribution in [0.4, 0.5) is 0 Å². The van der Waals surface area contributed by atoms with Crippen molar-refractivity contribution in [1.29, 1.82) is 0 Å². The van der Waals surface area contributed by atoms with Gasteiger partial charge in [0.2, 0.25) is 18.2 Å². The van der Waals surface area contributed by atoms with Crippen molar-refractivity contribution in [1.82, 2.24) is 0 Å². The molecule has 7 heteroatoms. The van der Waals surface area contributed by atoms with Gasteiger partial charge in [0.05, 0.1) is 21.3 Å². The van der Waals surface area contributed by atoms with E-state index in [9.17, 15) is 14.2 Å². The minimum absolute atomic E-state index is 0.00272. The van der Waals surface area contributed by atoms with Crippen LogP contribution < -0.4 is 14.2 Å². The standard InChI is InChI=1S/C31H45O6P/c1-19(17-30(4,5)6)18-38(34,28(32)26-20(2)13-22(14-21(26)3)31(7,8)9)29(33)27-24(36-11)15-23(35-10)16-25(27)37-12/h13-16,19H,17-18H2,1-12H3. The van der Waals surface area contributed by atoms with Crippen molar-refractivity contribution in [3.8, 4) is 17.2 Å². The van der Waals surface area contributed by atoms with Crippen molar-refractivity contribution < 1.29 is 28.4 Å². The van der Waals surface area contributed by atoms with E-state index in [0.717, 1.165) is 5.56 Å². The van der Waals surface area contributed by atoms with Gasteiger partial charge in [0.15, 0.2) is 0 Å². The predicted molar refractivity (Wildman–Crippen MR) is 155 cm³/mol. The van der Waals surface area contributed by atoms with Gasteiger partial charge in [-0.05, 0) is 53.7 Å². The topological polar surface area (TPSA) is 78.9 Å². The monoisotopic (exact) mass is 544 g/mol. The van der Waals surface area contributed by atoms with Gasteiger partial charge in [0.25, 0.3) is 0 Å². The van der Waals surface area contributed by atoms with E-state index in [1.165, 1.54) is 33.5 Å². The largest absolute Gasteiger partial charge is 0.496 e. The summed E-state index contributed by atoms with van der Waals surface area (Å²) in [6.45, 7) is 18.2. The Balaban J connectivity index is 2.81. The van der Waals surface area contributed by atoms with Gasteiger partial charge in [-0.25, -0.2) is 0 Å². The Labute approximate surface area is 228 Å². The number of ether oxygens (including phenoxy) is 3. The molecule has 0 N–H and O–H groups in total. The average molecular weight is 545 g/mol. The lowest BCUT2D eigenvalue weighted by Gasteiger charge is -2.28. The first-order valence-corrected chi connectivity index (χ1v) is 14.9. The molecule has 2 rings (SSSR count). The number of carbonyl (C=O) groups is 2. The van der Waals surface area contributed by atoms with E-state index in [0.29, 0.717) is 28.9 Å². The molecule has 210 valence electrons. The van der Waals surface area contributed by atoms with Crippen molar-refractivity contribution >= 4 is 18.2 Å². The SMILES string of the molecule is COc1cc(OC)c(C(=O)P(=O)(CC(C)CC(C)(C)C)C(=O)c2c(C)cc(C(C)(C)C)cc2C)c(OC)c1. The predicted octanol–water partition coefficient (Wildman–Crippen LogP) is 8.04. The summed E-state index contributed by atoms with van der Waals surface area (Å²) < 4.78 is 31.3. The maximum absolute atomic E-state index is 14.9. The van der Waals surface area contributed by atoms with Crippen molar-refractivity contribution in [2.75, 3.05) is 27.5 Å². The van der Waals surface area contributed by atoms with E-state index in [2.05, 4.69) is 41.5 Å². The van der Waals surface area contributed by atoms with Crippen molar-refractivity contribution in [3.05, 3.63) is 52.1 Å². The highest BCUT2D eigenvalue weighted by atomic mass is 31.2. The number of hydrogen-bond acceptors (Lipinski definition) is 6. The maximum atomic E-state index is 14.9. The summed E-state index contributed by atoms with van der Waals surface area (Å²) in [4.78, 5) is 28.6. The summed E-state index contributed by atoms with van der Waals surface area (Å²) in [5.74, 6) is 0.582. The molecule has 0 aliphatic carbocycles. The molecular formula is C31H45O6P. The van der Waals surface area contributed by atoms with Crippen molar-refractivity contribution in [3.63, 3.8) is 0 Å². The highest BCUT2D eigenvalue weighted by Crippen LogP contribution is 2.57. The number of methoxy groups -OCH3 is 3. The van der Waals surface area contributed by atoms with Crippen LogP contribution in [0.5, 0.6) is 17.2 Å². The Bertz CT molecular complexity index is 1200. The average Bonchev–Trinajstić information content (AvgIpc) is 2.79. The van der Waals surface area contributed by atoms with E-state index in [4.69, 9.17) is 14.2 Å². The first-order chi connectivity index (χ1) is 17.4. The van der Waals surface area contributed by atoms with Gasteiger partial charge in [0, 0.05) is 23.9 Å². The summed E-state index contributed by atoms with van der Waals surface area (Å²) in [6, 6.07) is 7.00. The maximum Gasteiger partial charge on any atom is 0.236 e. The number of carbonyl (C=O) groups excluding carboxylic acids is 2. The van der Waals surface area contributed by atoms with Crippen LogP contribution in [-0.4, -0.2) is 38.5 Å². The smallest absolute Gasteiger partial charge is 0.236 e. The van der Waals surface area contributed by atoms with Crippen LogP contribution in [0.25, 0.3) is 0 Å². The van der Waals surface area contributed by atoms with Gasteiger partial charge >= 0.3 is 0 Å². The minimum Gasteiger partial charge on any atom is -0.496 e. The Kier molecular flexibility index (Phi) is 9.70. The molecule has 0 radical (unpaired) electrons. The highest BCUT2D eigenvalue weighted by Gasteiger charge is 2.45. The van der Waals surface area contributed by atoms with Gasteiger partial charge in [-0.2, -0.15) is 0 Å². The third kappa shape index (κ3) is 6.88. The third-order valence-electron chi connectivity index (χ3n) is 6.73. The third-order valence-corrected chi connectivity index (χ3v) is 9.62. The zero-order valence-electron chi connectivity index (χ0n) is 25.2. The fourth-order valence-corrected chi connectivity index (χ4v) is 7.94. The van der Waals surface area contributed by atoms with Gasteiger partial charge in [0.1, 0.15) is 22.8 Å². The zero-order chi connectivity index (χ0) is 29.2. The highest BCUT2D eigenvalue weighted by molar-refractivity contribution is 7.95.